The Balaban J connectivity index is 1.21. The van der Waals surface area contributed by atoms with Crippen molar-refractivity contribution >= 4 is 23.4 Å². The predicted octanol–water partition coefficient (Wildman–Crippen LogP) is 1.75. The zero-order chi connectivity index (χ0) is 20.8. The second-order valence-electron chi connectivity index (χ2n) is 8.59. The zero-order valence-electron chi connectivity index (χ0n) is 16.6. The molecule has 2 atom stereocenters. The van der Waals surface area contributed by atoms with E-state index in [0.717, 1.165) is 38.2 Å². The molecule has 5 rings (SSSR count). The van der Waals surface area contributed by atoms with Gasteiger partial charge in [-0.05, 0) is 44.2 Å². The zero-order valence-corrected chi connectivity index (χ0v) is 17.3. The highest BCUT2D eigenvalue weighted by molar-refractivity contribution is 6.30. The van der Waals surface area contributed by atoms with Crippen molar-refractivity contribution in [3.63, 3.8) is 0 Å². The number of carbonyl (C=O) groups excluding carboxylic acids is 2. The predicted molar refractivity (Wildman–Crippen MR) is 106 cm³/mol. The van der Waals surface area contributed by atoms with Gasteiger partial charge in [-0.3, -0.25) is 15.0 Å². The molecule has 2 unspecified atom stereocenters. The highest BCUT2D eigenvalue weighted by atomic mass is 35.5. The minimum absolute atomic E-state index is 0.00723. The molecular formula is C20H26ClFN4O3. The molecule has 1 aromatic rings. The monoisotopic (exact) mass is 424 g/mol. The van der Waals surface area contributed by atoms with E-state index in [-0.39, 0.29) is 46.3 Å². The summed E-state index contributed by atoms with van der Waals surface area (Å²) in [5.41, 5.74) is 2.85. The molecule has 158 valence electrons. The van der Waals surface area contributed by atoms with E-state index in [1.54, 1.807) is 0 Å². The van der Waals surface area contributed by atoms with Gasteiger partial charge in [0.05, 0.1) is 5.02 Å². The summed E-state index contributed by atoms with van der Waals surface area (Å²) in [6.07, 6.45) is 3.98. The van der Waals surface area contributed by atoms with Crippen LogP contribution in [-0.2, 0) is 9.59 Å². The van der Waals surface area contributed by atoms with Gasteiger partial charge in [0.1, 0.15) is 17.6 Å². The van der Waals surface area contributed by atoms with Gasteiger partial charge in [-0.2, -0.15) is 0 Å². The first kappa shape index (κ1) is 20.4. The van der Waals surface area contributed by atoms with Crippen LogP contribution in [0.15, 0.2) is 18.2 Å². The summed E-state index contributed by atoms with van der Waals surface area (Å²) in [7, 11) is 1.90. The van der Waals surface area contributed by atoms with E-state index in [0.29, 0.717) is 6.04 Å². The fourth-order valence-electron chi connectivity index (χ4n) is 4.84. The number of hydrogen-bond acceptors (Lipinski definition) is 5. The van der Waals surface area contributed by atoms with Crippen LogP contribution in [0.3, 0.4) is 0 Å². The quantitative estimate of drug-likeness (QED) is 0.621. The molecule has 0 spiro atoms. The van der Waals surface area contributed by atoms with Crippen LogP contribution in [0.4, 0.5) is 4.39 Å². The molecule has 1 heterocycles. The average molecular weight is 425 g/mol. The molecule has 2 bridgehead atoms. The molecule has 7 nitrogen and oxygen atoms in total. The van der Waals surface area contributed by atoms with Gasteiger partial charge in [0.25, 0.3) is 5.91 Å². The molecule has 1 aromatic carbocycles. The fourth-order valence-corrected chi connectivity index (χ4v) is 4.96. The number of amides is 2. The number of rotatable bonds is 7. The van der Waals surface area contributed by atoms with Crippen molar-refractivity contribution in [1.29, 1.82) is 0 Å². The molecule has 3 saturated carbocycles. The van der Waals surface area contributed by atoms with Crippen molar-refractivity contribution in [3.05, 3.63) is 29.0 Å². The standard InChI is InChI=1S/C20H26ClFN4O3/c1-3-12-6-16(26(2)25-12)18(28)24-20-9-19(10-20,11-20)23-17(27)8-29-13-4-5-14(21)15(22)7-13/h4-5,7,12,16,25H,3,6,8-11H2,1-2H3,(H,23,27)(H,24,28). The molecule has 0 radical (unpaired) electrons. The maximum absolute atomic E-state index is 13.4. The number of hydrazine groups is 1. The largest absolute Gasteiger partial charge is 0.484 e. The fraction of sp³-hybridized carbons (Fsp3) is 0.600. The van der Waals surface area contributed by atoms with Gasteiger partial charge in [-0.1, -0.05) is 18.5 Å². The van der Waals surface area contributed by atoms with Crippen LogP contribution in [0.2, 0.25) is 5.02 Å². The van der Waals surface area contributed by atoms with Crippen molar-refractivity contribution in [3.8, 4) is 5.75 Å². The molecule has 2 amide bonds. The van der Waals surface area contributed by atoms with Crippen LogP contribution < -0.4 is 20.8 Å². The third-order valence-electron chi connectivity index (χ3n) is 6.24. The van der Waals surface area contributed by atoms with Crippen molar-refractivity contribution < 1.29 is 18.7 Å². The second kappa shape index (κ2) is 7.41. The second-order valence-corrected chi connectivity index (χ2v) is 9.00. The molecule has 3 N–H and O–H groups in total. The molecule has 1 saturated heterocycles. The Bertz CT molecular complexity index is 816. The summed E-state index contributed by atoms with van der Waals surface area (Å²) < 4.78 is 18.7. The number of ether oxygens (including phenoxy) is 1. The first-order valence-corrected chi connectivity index (χ1v) is 10.3. The van der Waals surface area contributed by atoms with E-state index in [4.69, 9.17) is 16.3 Å². The first-order chi connectivity index (χ1) is 13.7. The van der Waals surface area contributed by atoms with E-state index in [2.05, 4.69) is 23.0 Å². The molecule has 9 heteroatoms. The lowest BCUT2D eigenvalue weighted by Gasteiger charge is -2.70. The lowest BCUT2D eigenvalue weighted by atomic mass is 9.44. The SMILES string of the molecule is CCC1CC(C(=O)NC23CC(NC(=O)COc4ccc(Cl)c(F)c4)(C2)C3)N(C)N1. The van der Waals surface area contributed by atoms with Crippen LogP contribution in [0.25, 0.3) is 0 Å². The van der Waals surface area contributed by atoms with Crippen LogP contribution in [-0.4, -0.2) is 53.6 Å². The van der Waals surface area contributed by atoms with Crippen molar-refractivity contribution in [1.82, 2.24) is 21.1 Å². The lowest BCUT2D eigenvalue weighted by Crippen LogP contribution is -2.84. The number of likely N-dealkylation sites (N-methyl/N-ethyl adjacent to an activating group) is 1. The van der Waals surface area contributed by atoms with Crippen LogP contribution in [0.5, 0.6) is 5.75 Å². The van der Waals surface area contributed by atoms with E-state index < -0.39 is 5.82 Å². The normalized spacial score (nSPS) is 32.8. The van der Waals surface area contributed by atoms with Gasteiger partial charge in [0, 0.05) is 30.2 Å². The first-order valence-electron chi connectivity index (χ1n) is 9.93. The number of halogens is 2. The summed E-state index contributed by atoms with van der Waals surface area (Å²) in [5, 5.41) is 8.07. The van der Waals surface area contributed by atoms with Gasteiger partial charge < -0.3 is 15.4 Å². The Morgan fingerprint density at radius 3 is 2.62 bits per heavy atom. The Morgan fingerprint density at radius 1 is 1.31 bits per heavy atom. The topological polar surface area (TPSA) is 82.7 Å². The molecule has 4 aliphatic rings. The highest BCUT2D eigenvalue weighted by Crippen LogP contribution is 2.60. The molecule has 3 aliphatic carbocycles. The van der Waals surface area contributed by atoms with Crippen molar-refractivity contribution in [2.75, 3.05) is 13.7 Å². The summed E-state index contributed by atoms with van der Waals surface area (Å²) >= 11 is 5.63. The number of nitrogens with one attached hydrogen (secondary N) is 3. The minimum Gasteiger partial charge on any atom is -0.484 e. The van der Waals surface area contributed by atoms with E-state index in [9.17, 15) is 14.0 Å². The Kier molecular flexibility index (Phi) is 5.21. The lowest BCUT2D eigenvalue weighted by molar-refractivity contribution is -0.152. The minimum atomic E-state index is -0.588. The summed E-state index contributed by atoms with van der Waals surface area (Å²) in [6.45, 7) is 1.91. The number of nitrogens with zero attached hydrogens (tertiary/aromatic N) is 1. The molecule has 29 heavy (non-hydrogen) atoms. The van der Waals surface area contributed by atoms with Gasteiger partial charge in [0.2, 0.25) is 5.91 Å². The maximum Gasteiger partial charge on any atom is 0.258 e. The molecule has 1 aliphatic heterocycles. The number of hydrogen-bond donors (Lipinski definition) is 3. The number of benzene rings is 1. The van der Waals surface area contributed by atoms with E-state index in [1.807, 2.05) is 12.1 Å². The van der Waals surface area contributed by atoms with Crippen molar-refractivity contribution in [2.24, 2.45) is 0 Å². The van der Waals surface area contributed by atoms with Crippen LogP contribution >= 0.6 is 11.6 Å². The van der Waals surface area contributed by atoms with E-state index in [1.165, 1.54) is 12.1 Å². The third kappa shape index (κ3) is 3.93. The average Bonchev–Trinajstić information content (AvgIpc) is 3.01. The van der Waals surface area contributed by atoms with Crippen molar-refractivity contribution in [2.45, 2.75) is 62.2 Å². The molecule has 4 fully saturated rings. The van der Waals surface area contributed by atoms with Crippen LogP contribution in [0, 0.1) is 5.82 Å². The smallest absolute Gasteiger partial charge is 0.258 e. The van der Waals surface area contributed by atoms with Gasteiger partial charge in [-0.15, -0.1) is 0 Å². The number of carbonyl (C=O) groups is 2. The molecule has 0 aromatic heterocycles. The third-order valence-corrected chi connectivity index (χ3v) is 6.55. The Labute approximate surface area is 174 Å². The van der Waals surface area contributed by atoms with E-state index >= 15 is 0 Å². The summed E-state index contributed by atoms with van der Waals surface area (Å²) in [6, 6.07) is 4.23. The van der Waals surface area contributed by atoms with Gasteiger partial charge in [-0.25, -0.2) is 9.40 Å². The van der Waals surface area contributed by atoms with Crippen LogP contribution in [0.1, 0.15) is 39.0 Å². The summed E-state index contributed by atoms with van der Waals surface area (Å²) in [4.78, 5) is 24.8. The maximum atomic E-state index is 13.4. The highest BCUT2D eigenvalue weighted by Gasteiger charge is 2.69. The summed E-state index contributed by atoms with van der Waals surface area (Å²) in [5.74, 6) is -0.549. The Hall–Kier alpha value is -1.90. The Morgan fingerprint density at radius 2 is 2.00 bits per heavy atom. The van der Waals surface area contributed by atoms with Gasteiger partial charge in [0.15, 0.2) is 6.61 Å². The van der Waals surface area contributed by atoms with Gasteiger partial charge >= 0.3 is 0 Å². The molecular weight excluding hydrogens is 399 g/mol.